The molecule has 2 aromatic rings. The van der Waals surface area contributed by atoms with Crippen molar-refractivity contribution in [3.05, 3.63) is 60.2 Å². The molecule has 3 rings (SSSR count). The first kappa shape index (κ1) is 17.5. The molecule has 0 radical (unpaired) electrons. The molecule has 25 heavy (non-hydrogen) atoms. The number of hydrogen-bond donors (Lipinski definition) is 2. The molecule has 0 unspecified atom stereocenters. The molecule has 1 aliphatic heterocycles. The molecule has 4 heteroatoms. The summed E-state index contributed by atoms with van der Waals surface area (Å²) >= 11 is 0. The lowest BCUT2D eigenvalue weighted by Crippen LogP contribution is -2.29. The molecule has 132 valence electrons. The molecule has 0 atom stereocenters. The van der Waals surface area contributed by atoms with Crippen LogP contribution in [0, 0.1) is 0 Å². The maximum Gasteiger partial charge on any atom is 0.238 e. The second-order valence-corrected chi connectivity index (χ2v) is 6.56. The van der Waals surface area contributed by atoms with E-state index in [1.165, 1.54) is 24.1 Å². The molecule has 0 aromatic heterocycles. The Morgan fingerprint density at radius 1 is 0.960 bits per heavy atom. The van der Waals surface area contributed by atoms with Gasteiger partial charge in [0.2, 0.25) is 5.91 Å². The van der Waals surface area contributed by atoms with Crippen molar-refractivity contribution in [2.75, 3.05) is 36.4 Å². The van der Waals surface area contributed by atoms with Gasteiger partial charge in [-0.25, -0.2) is 0 Å². The lowest BCUT2D eigenvalue weighted by molar-refractivity contribution is -0.115. The quantitative estimate of drug-likeness (QED) is 0.725. The van der Waals surface area contributed by atoms with Gasteiger partial charge in [0.15, 0.2) is 0 Å². The van der Waals surface area contributed by atoms with Crippen LogP contribution < -0.4 is 15.5 Å². The number of nitrogens with one attached hydrogen (secondary N) is 2. The molecule has 4 nitrogen and oxygen atoms in total. The lowest BCUT2D eigenvalue weighted by atomic mass is 10.1. The van der Waals surface area contributed by atoms with E-state index in [1.54, 1.807) is 0 Å². The van der Waals surface area contributed by atoms with E-state index in [9.17, 15) is 4.79 Å². The fourth-order valence-corrected chi connectivity index (χ4v) is 3.20. The van der Waals surface area contributed by atoms with Crippen LogP contribution in [0.1, 0.15) is 24.8 Å². The van der Waals surface area contributed by atoms with E-state index < -0.39 is 0 Å². The van der Waals surface area contributed by atoms with Gasteiger partial charge in [-0.15, -0.1) is 0 Å². The maximum absolute atomic E-state index is 12.0. The van der Waals surface area contributed by atoms with Gasteiger partial charge in [-0.3, -0.25) is 4.79 Å². The van der Waals surface area contributed by atoms with E-state index in [4.69, 9.17) is 0 Å². The Hall–Kier alpha value is -2.33. The molecule has 0 saturated carbocycles. The first-order chi connectivity index (χ1) is 12.3. The minimum Gasteiger partial charge on any atom is -0.372 e. The van der Waals surface area contributed by atoms with Gasteiger partial charge in [-0.2, -0.15) is 0 Å². The zero-order valence-electron chi connectivity index (χ0n) is 14.7. The van der Waals surface area contributed by atoms with E-state index in [1.807, 2.05) is 18.2 Å². The largest absolute Gasteiger partial charge is 0.372 e. The number of benzene rings is 2. The van der Waals surface area contributed by atoms with Crippen LogP contribution in [-0.2, 0) is 11.2 Å². The van der Waals surface area contributed by atoms with Gasteiger partial charge in [0, 0.05) is 24.5 Å². The highest BCUT2D eigenvalue weighted by molar-refractivity contribution is 5.92. The molecule has 1 aliphatic rings. The number of carbonyl (C=O) groups excluding carboxylic acids is 1. The normalized spacial score (nSPS) is 13.8. The molecule has 1 amide bonds. The third kappa shape index (κ3) is 5.61. The second-order valence-electron chi connectivity index (χ2n) is 6.56. The number of hydrogen-bond acceptors (Lipinski definition) is 3. The summed E-state index contributed by atoms with van der Waals surface area (Å²) in [6, 6.07) is 18.6. The van der Waals surface area contributed by atoms with Gasteiger partial charge in [-0.05, 0) is 62.1 Å². The van der Waals surface area contributed by atoms with E-state index >= 15 is 0 Å². The third-order valence-electron chi connectivity index (χ3n) is 4.57. The monoisotopic (exact) mass is 337 g/mol. The molecule has 2 aromatic carbocycles. The molecule has 0 aliphatic carbocycles. The SMILES string of the molecule is O=C(CNCCCc1ccccc1)Nc1ccc(N2CCCC2)cc1. The summed E-state index contributed by atoms with van der Waals surface area (Å²) in [4.78, 5) is 14.4. The van der Waals surface area contributed by atoms with Crippen LogP contribution in [0.25, 0.3) is 0 Å². The van der Waals surface area contributed by atoms with E-state index in [-0.39, 0.29) is 5.91 Å². The predicted octanol–water partition coefficient (Wildman–Crippen LogP) is 3.45. The maximum atomic E-state index is 12.0. The molecule has 0 spiro atoms. The van der Waals surface area contributed by atoms with Crippen molar-refractivity contribution in [2.45, 2.75) is 25.7 Å². The molecule has 2 N–H and O–H groups in total. The van der Waals surface area contributed by atoms with Gasteiger partial charge in [0.25, 0.3) is 0 Å². The molecular formula is C21H27N3O. The molecule has 0 bridgehead atoms. The van der Waals surface area contributed by atoms with Crippen LogP contribution in [0.5, 0.6) is 0 Å². The van der Waals surface area contributed by atoms with Crippen molar-refractivity contribution in [3.8, 4) is 0 Å². The second kappa shape index (κ2) is 9.23. The zero-order valence-corrected chi connectivity index (χ0v) is 14.7. The lowest BCUT2D eigenvalue weighted by Gasteiger charge is -2.17. The van der Waals surface area contributed by atoms with Crippen molar-refractivity contribution >= 4 is 17.3 Å². The van der Waals surface area contributed by atoms with Crippen molar-refractivity contribution < 1.29 is 4.79 Å². The van der Waals surface area contributed by atoms with Crippen molar-refractivity contribution in [1.82, 2.24) is 5.32 Å². The summed E-state index contributed by atoms with van der Waals surface area (Å²) in [5, 5.41) is 6.16. The first-order valence-electron chi connectivity index (χ1n) is 9.21. The molecule has 1 heterocycles. The number of anilines is 2. The number of nitrogens with zero attached hydrogens (tertiary/aromatic N) is 1. The Kier molecular flexibility index (Phi) is 6.46. The smallest absolute Gasteiger partial charge is 0.238 e. The van der Waals surface area contributed by atoms with Crippen LogP contribution in [-0.4, -0.2) is 32.1 Å². The minimum absolute atomic E-state index is 0.00799. The van der Waals surface area contributed by atoms with Gasteiger partial charge >= 0.3 is 0 Å². The standard InChI is InChI=1S/C21H27N3O/c25-21(17-22-14-6-9-18-7-2-1-3-8-18)23-19-10-12-20(13-11-19)24-15-4-5-16-24/h1-3,7-8,10-13,22H,4-6,9,14-17H2,(H,23,25). The number of aryl methyl sites for hydroxylation is 1. The Bertz CT molecular complexity index is 649. The van der Waals surface area contributed by atoms with E-state index in [0.717, 1.165) is 38.2 Å². The Morgan fingerprint density at radius 2 is 1.68 bits per heavy atom. The summed E-state index contributed by atoms with van der Waals surface area (Å²) in [5.41, 5.74) is 3.44. The topological polar surface area (TPSA) is 44.4 Å². The van der Waals surface area contributed by atoms with Crippen LogP contribution in [0.2, 0.25) is 0 Å². The van der Waals surface area contributed by atoms with Gasteiger partial charge < -0.3 is 15.5 Å². The molecule has 1 saturated heterocycles. The van der Waals surface area contributed by atoms with Crippen LogP contribution in [0.4, 0.5) is 11.4 Å². The average Bonchev–Trinajstić information content (AvgIpc) is 3.18. The highest BCUT2D eigenvalue weighted by Gasteiger charge is 2.12. The van der Waals surface area contributed by atoms with Crippen LogP contribution in [0.3, 0.4) is 0 Å². The summed E-state index contributed by atoms with van der Waals surface area (Å²) in [7, 11) is 0. The molecule has 1 fully saturated rings. The average molecular weight is 337 g/mol. The first-order valence-corrected chi connectivity index (χ1v) is 9.21. The fourth-order valence-electron chi connectivity index (χ4n) is 3.20. The summed E-state index contributed by atoms with van der Waals surface area (Å²) in [6.45, 7) is 3.47. The number of carbonyl (C=O) groups is 1. The fraction of sp³-hybridized carbons (Fsp3) is 0.381. The summed E-state index contributed by atoms with van der Waals surface area (Å²) < 4.78 is 0. The van der Waals surface area contributed by atoms with Crippen molar-refractivity contribution in [2.24, 2.45) is 0 Å². The van der Waals surface area contributed by atoms with Crippen molar-refractivity contribution in [3.63, 3.8) is 0 Å². The summed E-state index contributed by atoms with van der Waals surface area (Å²) in [5.74, 6) is 0.00799. The van der Waals surface area contributed by atoms with Crippen LogP contribution in [0.15, 0.2) is 54.6 Å². The minimum atomic E-state index is 0.00799. The third-order valence-corrected chi connectivity index (χ3v) is 4.57. The Labute approximate surface area is 150 Å². The number of amides is 1. The number of rotatable bonds is 8. The van der Waals surface area contributed by atoms with E-state index in [0.29, 0.717) is 6.54 Å². The van der Waals surface area contributed by atoms with E-state index in [2.05, 4.69) is 51.9 Å². The van der Waals surface area contributed by atoms with Crippen LogP contribution >= 0.6 is 0 Å². The Morgan fingerprint density at radius 3 is 2.40 bits per heavy atom. The predicted molar refractivity (Wildman–Crippen MR) is 104 cm³/mol. The molecular weight excluding hydrogens is 310 g/mol. The van der Waals surface area contributed by atoms with Crippen molar-refractivity contribution in [1.29, 1.82) is 0 Å². The highest BCUT2D eigenvalue weighted by Crippen LogP contribution is 2.21. The Balaban J connectivity index is 1.33. The van der Waals surface area contributed by atoms with Gasteiger partial charge in [-0.1, -0.05) is 30.3 Å². The highest BCUT2D eigenvalue weighted by atomic mass is 16.1. The summed E-state index contributed by atoms with van der Waals surface area (Å²) in [6.07, 6.45) is 4.61. The zero-order chi connectivity index (χ0) is 17.3. The van der Waals surface area contributed by atoms with Gasteiger partial charge in [0.05, 0.1) is 6.54 Å². The van der Waals surface area contributed by atoms with Gasteiger partial charge in [0.1, 0.15) is 0 Å².